The predicted octanol–water partition coefficient (Wildman–Crippen LogP) is 2.08. The summed E-state index contributed by atoms with van der Waals surface area (Å²) in [6, 6.07) is 9.52. The molecule has 0 aromatic heterocycles. The van der Waals surface area contributed by atoms with Crippen LogP contribution in [0, 0.1) is 17.2 Å². The number of amides is 1. The molecule has 6 heteroatoms. The van der Waals surface area contributed by atoms with Crippen LogP contribution in [0.5, 0.6) is 11.5 Å². The number of nitrogens with zero attached hydrogens (tertiary/aromatic N) is 2. The molecule has 0 spiro atoms. The van der Waals surface area contributed by atoms with E-state index in [1.54, 1.807) is 4.90 Å². The van der Waals surface area contributed by atoms with Crippen LogP contribution in [-0.4, -0.2) is 43.2 Å². The summed E-state index contributed by atoms with van der Waals surface area (Å²) in [6.07, 6.45) is 3.30. The molecule has 2 aliphatic heterocycles. The van der Waals surface area contributed by atoms with Crippen LogP contribution in [0.1, 0.15) is 19.8 Å². The average Bonchev–Trinajstić information content (AvgIpc) is 2.65. The third-order valence-electron chi connectivity index (χ3n) is 4.58. The Morgan fingerprint density at radius 1 is 1.36 bits per heavy atom. The Hall–Kier alpha value is -2.68. The van der Waals surface area contributed by atoms with Crippen LogP contribution >= 0.6 is 0 Å². The molecule has 1 amide bonds. The van der Waals surface area contributed by atoms with Crippen molar-refractivity contribution in [1.29, 1.82) is 5.26 Å². The van der Waals surface area contributed by atoms with Crippen LogP contribution in [-0.2, 0) is 4.79 Å². The van der Waals surface area contributed by atoms with Crippen LogP contribution < -0.4 is 14.8 Å². The highest BCUT2D eigenvalue weighted by Crippen LogP contribution is 2.30. The number of hydrogen-bond donors (Lipinski definition) is 1. The van der Waals surface area contributed by atoms with E-state index in [0.29, 0.717) is 24.8 Å². The highest BCUT2D eigenvalue weighted by atomic mass is 16.6. The Kier molecular flexibility index (Phi) is 5.44. The Morgan fingerprint density at radius 2 is 2.08 bits per heavy atom. The molecular formula is C19H23N3O3. The number of nitriles is 1. The largest absolute Gasteiger partial charge is 0.486 e. The number of benzene rings is 1. The highest BCUT2D eigenvalue weighted by Gasteiger charge is 2.23. The van der Waals surface area contributed by atoms with E-state index in [1.807, 2.05) is 30.3 Å². The molecule has 132 valence electrons. The summed E-state index contributed by atoms with van der Waals surface area (Å²) in [5.74, 6) is 1.89. The van der Waals surface area contributed by atoms with E-state index in [1.165, 1.54) is 6.20 Å². The van der Waals surface area contributed by atoms with Gasteiger partial charge in [0.15, 0.2) is 11.5 Å². The van der Waals surface area contributed by atoms with E-state index in [2.05, 4.69) is 12.2 Å². The molecule has 0 bridgehead atoms. The molecule has 2 heterocycles. The van der Waals surface area contributed by atoms with Crippen molar-refractivity contribution >= 4 is 5.91 Å². The van der Waals surface area contributed by atoms with Crippen LogP contribution in [0.15, 0.2) is 36.0 Å². The maximum Gasteiger partial charge on any atom is 0.265 e. The number of likely N-dealkylation sites (tertiary alicyclic amines) is 1. The van der Waals surface area contributed by atoms with Gasteiger partial charge in [-0.2, -0.15) is 5.26 Å². The van der Waals surface area contributed by atoms with Crippen molar-refractivity contribution in [3.8, 4) is 17.6 Å². The fourth-order valence-electron chi connectivity index (χ4n) is 2.98. The van der Waals surface area contributed by atoms with E-state index in [4.69, 9.17) is 9.47 Å². The van der Waals surface area contributed by atoms with Crippen LogP contribution in [0.25, 0.3) is 0 Å². The van der Waals surface area contributed by atoms with Crippen molar-refractivity contribution in [3.63, 3.8) is 0 Å². The number of ether oxygens (including phenoxy) is 2. The standard InChI is InChI=1S/C19H23N3O3/c1-14-6-8-22(9-7-14)19(23)15(10-20)11-21-12-16-13-24-17-4-2-3-5-18(17)25-16/h2-5,11,14,16,21H,6-9,12-13H2,1H3/b15-11-. The monoisotopic (exact) mass is 341 g/mol. The number of carbonyl (C=O) groups is 1. The molecule has 1 aromatic carbocycles. The Bertz CT molecular complexity index is 687. The van der Waals surface area contributed by atoms with Gasteiger partial charge >= 0.3 is 0 Å². The van der Waals surface area contributed by atoms with Crippen molar-refractivity contribution in [3.05, 3.63) is 36.0 Å². The highest BCUT2D eigenvalue weighted by molar-refractivity contribution is 5.97. The van der Waals surface area contributed by atoms with E-state index >= 15 is 0 Å². The third kappa shape index (κ3) is 4.24. The smallest absolute Gasteiger partial charge is 0.265 e. The van der Waals surface area contributed by atoms with Gasteiger partial charge in [-0.25, -0.2) is 0 Å². The minimum Gasteiger partial charge on any atom is -0.486 e. The number of para-hydroxylation sites is 2. The van der Waals surface area contributed by atoms with Crippen LogP contribution in [0.4, 0.5) is 0 Å². The first-order chi connectivity index (χ1) is 12.2. The van der Waals surface area contributed by atoms with Gasteiger partial charge in [-0.15, -0.1) is 0 Å². The molecule has 0 saturated carbocycles. The summed E-state index contributed by atoms with van der Waals surface area (Å²) in [6.45, 7) is 4.51. The average molecular weight is 341 g/mol. The topological polar surface area (TPSA) is 74.6 Å². The maximum absolute atomic E-state index is 12.4. The molecule has 2 aliphatic rings. The molecule has 1 atom stereocenters. The number of nitrogens with one attached hydrogen (secondary N) is 1. The van der Waals surface area contributed by atoms with Gasteiger partial charge in [0.05, 0.1) is 6.54 Å². The second-order valence-corrected chi connectivity index (χ2v) is 6.55. The van der Waals surface area contributed by atoms with Crippen molar-refractivity contribution in [2.75, 3.05) is 26.2 Å². The fraction of sp³-hybridized carbons (Fsp3) is 0.474. The summed E-state index contributed by atoms with van der Waals surface area (Å²) in [5.41, 5.74) is 0.131. The lowest BCUT2D eigenvalue weighted by Gasteiger charge is -2.30. The number of piperidine rings is 1. The van der Waals surface area contributed by atoms with Gasteiger partial charge in [-0.05, 0) is 30.9 Å². The lowest BCUT2D eigenvalue weighted by atomic mass is 9.99. The zero-order valence-electron chi connectivity index (χ0n) is 14.4. The number of fused-ring (bicyclic) bond motifs is 1. The van der Waals surface area contributed by atoms with Gasteiger partial charge in [0.25, 0.3) is 5.91 Å². The van der Waals surface area contributed by atoms with Crippen LogP contribution in [0.2, 0.25) is 0 Å². The SMILES string of the molecule is CC1CCN(C(=O)/C(C#N)=C\NCC2COc3ccccc3O2)CC1. The molecule has 1 N–H and O–H groups in total. The van der Waals surface area contributed by atoms with Crippen LogP contribution in [0.3, 0.4) is 0 Å². The van der Waals surface area contributed by atoms with Gasteiger partial charge < -0.3 is 19.7 Å². The first kappa shape index (κ1) is 17.2. The summed E-state index contributed by atoms with van der Waals surface area (Å²) in [5, 5.41) is 12.3. The van der Waals surface area contributed by atoms with Gasteiger partial charge in [0, 0.05) is 19.3 Å². The Labute approximate surface area is 148 Å². The molecule has 1 unspecified atom stereocenters. The van der Waals surface area contributed by atoms with E-state index in [0.717, 1.165) is 31.7 Å². The molecule has 6 nitrogen and oxygen atoms in total. The summed E-state index contributed by atoms with van der Waals surface area (Å²) in [4.78, 5) is 14.2. The summed E-state index contributed by atoms with van der Waals surface area (Å²) in [7, 11) is 0. The van der Waals surface area contributed by atoms with Crippen molar-refractivity contribution in [2.45, 2.75) is 25.9 Å². The quantitative estimate of drug-likeness (QED) is 0.670. The molecule has 1 saturated heterocycles. The number of hydrogen-bond acceptors (Lipinski definition) is 5. The predicted molar refractivity (Wildman–Crippen MR) is 93.0 cm³/mol. The van der Waals surface area contributed by atoms with Gasteiger partial charge in [-0.1, -0.05) is 19.1 Å². The minimum atomic E-state index is -0.201. The molecule has 3 rings (SSSR count). The van der Waals surface area contributed by atoms with Gasteiger partial charge in [-0.3, -0.25) is 4.79 Å². The van der Waals surface area contributed by atoms with E-state index in [-0.39, 0.29) is 17.6 Å². The molecule has 0 radical (unpaired) electrons. The fourth-order valence-corrected chi connectivity index (χ4v) is 2.98. The third-order valence-corrected chi connectivity index (χ3v) is 4.58. The Balaban J connectivity index is 1.52. The second-order valence-electron chi connectivity index (χ2n) is 6.55. The molecule has 25 heavy (non-hydrogen) atoms. The number of rotatable bonds is 4. The summed E-state index contributed by atoms with van der Waals surface area (Å²) < 4.78 is 11.5. The van der Waals surface area contributed by atoms with Gasteiger partial charge in [0.2, 0.25) is 0 Å². The minimum absolute atomic E-state index is 0.131. The maximum atomic E-state index is 12.4. The molecule has 1 fully saturated rings. The first-order valence-electron chi connectivity index (χ1n) is 8.69. The normalized spacial score (nSPS) is 20.7. The molecular weight excluding hydrogens is 318 g/mol. The van der Waals surface area contributed by atoms with E-state index in [9.17, 15) is 10.1 Å². The van der Waals surface area contributed by atoms with Gasteiger partial charge in [0.1, 0.15) is 24.4 Å². The van der Waals surface area contributed by atoms with Crippen molar-refractivity contribution in [1.82, 2.24) is 10.2 Å². The lowest BCUT2D eigenvalue weighted by molar-refractivity contribution is -0.128. The zero-order valence-corrected chi connectivity index (χ0v) is 14.4. The van der Waals surface area contributed by atoms with E-state index < -0.39 is 0 Å². The molecule has 1 aromatic rings. The Morgan fingerprint density at radius 3 is 2.80 bits per heavy atom. The molecule has 0 aliphatic carbocycles. The lowest BCUT2D eigenvalue weighted by Crippen LogP contribution is -2.39. The summed E-state index contributed by atoms with van der Waals surface area (Å²) >= 11 is 0. The second kappa shape index (κ2) is 7.93. The first-order valence-corrected chi connectivity index (χ1v) is 8.69. The zero-order chi connectivity index (χ0) is 17.6. The van der Waals surface area contributed by atoms with Crippen molar-refractivity contribution in [2.24, 2.45) is 5.92 Å². The number of carbonyl (C=O) groups excluding carboxylic acids is 1. The van der Waals surface area contributed by atoms with Crippen molar-refractivity contribution < 1.29 is 14.3 Å².